The molecule has 0 fully saturated rings. The molecule has 0 aliphatic heterocycles. The average molecular weight is 1220 g/mol. The number of benzene rings is 5. The summed E-state index contributed by atoms with van der Waals surface area (Å²) in [4.78, 5) is 99.4. The van der Waals surface area contributed by atoms with E-state index in [1.165, 1.54) is 78.1 Å². The van der Waals surface area contributed by atoms with Gasteiger partial charge >= 0.3 is 30.0 Å². The fourth-order valence-corrected chi connectivity index (χ4v) is 8.30. The van der Waals surface area contributed by atoms with Gasteiger partial charge in [-0.05, 0) is 102 Å². The summed E-state index contributed by atoms with van der Waals surface area (Å²) in [5.41, 5.74) is 8.58. The van der Waals surface area contributed by atoms with Gasteiger partial charge in [0, 0.05) is 65.4 Å². The Kier molecular flexibility index (Phi) is 22.5. The molecule has 0 saturated heterocycles. The summed E-state index contributed by atoms with van der Waals surface area (Å²) in [5.74, 6) is -5.02. The monoisotopic (exact) mass is 1220 g/mol. The van der Waals surface area contributed by atoms with E-state index in [9.17, 15) is 42.3 Å². The number of carbonyl (C=O) groups excluding carboxylic acids is 5. The largest absolute Gasteiger partial charge is 0.462 e. The molecule has 83 heavy (non-hydrogen) atoms. The maximum atomic E-state index is 14.2. The molecule has 18 nitrogen and oxygen atoms in total. The molecular formula is C62H57F2N6O12Pd-. The van der Waals surface area contributed by atoms with Crippen LogP contribution in [0.25, 0.3) is 22.1 Å². The van der Waals surface area contributed by atoms with Gasteiger partial charge in [-0.2, -0.15) is 0 Å². The fourth-order valence-electron chi connectivity index (χ4n) is 8.30. The van der Waals surface area contributed by atoms with Crippen LogP contribution in [0.2, 0.25) is 0 Å². The Morgan fingerprint density at radius 1 is 0.554 bits per heavy atom. The standard InChI is InChI=1S/C34H28FN3O7.C26H22FN3O5.CH4.CH3.Pd/c1-3-43-33(41)28-30(45-32(40)23-12-8-5-9-13-23)29-27(38(2)31(28)39)17-22(19-36-29)16-24-14-15-25(35)18-26(24)37-34(42)44-20-21-10-6-4-7-11-21;1-3-34-26(33)21-23(35-25(32)16-7-5-4-6-8-16)22-20(30(2)24(21)31)12-15(14-29-22)11-17-9-10-18(27)13-19(17)28;;;/h4-15,17-19H,3,16,20H2,1-2H3,(H,37,42);4-10,12-14H,3,11,28H2,1-2H3;1H4;1H3;/q;;;-1;. The second kappa shape index (κ2) is 29.1. The minimum Gasteiger partial charge on any atom is -0.462 e. The van der Waals surface area contributed by atoms with Gasteiger partial charge in [0.15, 0.2) is 22.6 Å². The number of nitrogen functional groups attached to an aromatic ring is 1. The van der Waals surface area contributed by atoms with Gasteiger partial charge in [-0.15, -0.1) is 0 Å². The smallest absolute Gasteiger partial charge is 0.411 e. The molecule has 0 atom stereocenters. The van der Waals surface area contributed by atoms with Crippen molar-refractivity contribution in [2.24, 2.45) is 14.1 Å². The Bertz CT molecular complexity index is 3960. The number of halogens is 2. The topological polar surface area (TPSA) is 239 Å². The van der Waals surface area contributed by atoms with E-state index in [1.54, 1.807) is 80.6 Å². The Labute approximate surface area is 489 Å². The molecule has 432 valence electrons. The number of amides is 1. The number of aryl methyl sites for hydroxylation is 2. The van der Waals surface area contributed by atoms with Crippen LogP contribution >= 0.6 is 0 Å². The van der Waals surface area contributed by atoms with Crippen molar-refractivity contribution in [1.82, 2.24) is 19.1 Å². The van der Waals surface area contributed by atoms with Crippen molar-refractivity contribution in [3.05, 3.63) is 242 Å². The van der Waals surface area contributed by atoms with E-state index in [1.807, 2.05) is 30.3 Å². The normalized spacial score (nSPS) is 10.4. The number of nitrogens with one attached hydrogen (secondary N) is 1. The third kappa shape index (κ3) is 15.2. The minimum absolute atomic E-state index is 0. The first-order valence-electron chi connectivity index (χ1n) is 24.8. The predicted octanol–water partition coefficient (Wildman–Crippen LogP) is 10.5. The van der Waals surface area contributed by atoms with Crippen LogP contribution in [0, 0.1) is 19.1 Å². The molecule has 9 rings (SSSR count). The van der Waals surface area contributed by atoms with Gasteiger partial charge in [0.05, 0.1) is 41.1 Å². The van der Waals surface area contributed by atoms with Crippen LogP contribution in [0.5, 0.6) is 11.5 Å². The van der Waals surface area contributed by atoms with Gasteiger partial charge in [0.25, 0.3) is 11.1 Å². The number of pyridine rings is 4. The maximum absolute atomic E-state index is 14.2. The van der Waals surface area contributed by atoms with Crippen molar-refractivity contribution in [2.75, 3.05) is 24.3 Å². The van der Waals surface area contributed by atoms with Crippen molar-refractivity contribution in [3.8, 4) is 11.5 Å². The average Bonchev–Trinajstić information content (AvgIpc) is 3.66. The molecule has 0 aliphatic rings. The van der Waals surface area contributed by atoms with Crippen LogP contribution in [0.1, 0.15) is 90.5 Å². The van der Waals surface area contributed by atoms with Crippen molar-refractivity contribution in [1.29, 1.82) is 0 Å². The fraction of sp³-hybridized carbons (Fsp3) is 0.161. The number of carbonyl (C=O) groups is 5. The van der Waals surface area contributed by atoms with E-state index in [0.717, 1.165) is 5.56 Å². The number of hydrogen-bond donors (Lipinski definition) is 2. The number of fused-ring (bicyclic) bond motifs is 2. The van der Waals surface area contributed by atoms with Crippen molar-refractivity contribution < 1.29 is 76.9 Å². The summed E-state index contributed by atoms with van der Waals surface area (Å²) in [7, 11) is 2.93. The van der Waals surface area contributed by atoms with E-state index < -0.39 is 63.9 Å². The van der Waals surface area contributed by atoms with Crippen LogP contribution < -0.4 is 31.6 Å². The first-order valence-corrected chi connectivity index (χ1v) is 24.8. The molecule has 0 unspecified atom stereocenters. The zero-order valence-corrected chi connectivity index (χ0v) is 46.4. The summed E-state index contributed by atoms with van der Waals surface area (Å²) in [6, 6.07) is 36.8. The number of esters is 4. The Morgan fingerprint density at radius 2 is 0.976 bits per heavy atom. The quantitative estimate of drug-likeness (QED) is 0.0319. The van der Waals surface area contributed by atoms with Crippen molar-refractivity contribution in [3.63, 3.8) is 0 Å². The van der Waals surface area contributed by atoms with Gasteiger partial charge in [0.2, 0.25) is 0 Å². The Balaban J connectivity index is 0.000000302. The molecule has 0 saturated carbocycles. The SMILES string of the molecule is C.CCOC(=O)c1c(OC(=O)c2ccccc2)c2ncc(Cc3ccc(F)cc3N)cc2n(C)c1=O.CCOC(=O)c1c(OC(=O)c2ccccc2)c2ncc(Cc3ccc(F)cc3NC(=O)OCc3ccccc3)cc2n(C)c1=O.[CH3-].[Pd]. The number of aromatic nitrogens is 4. The van der Waals surface area contributed by atoms with Crippen LogP contribution in [-0.2, 0) is 68.2 Å². The molecule has 0 radical (unpaired) electrons. The molecule has 4 heterocycles. The van der Waals surface area contributed by atoms with Gasteiger partial charge in [0.1, 0.15) is 29.3 Å². The van der Waals surface area contributed by atoms with Gasteiger partial charge < -0.3 is 46.0 Å². The molecular weight excluding hydrogens is 1170 g/mol. The maximum Gasteiger partial charge on any atom is 0.411 e. The van der Waals surface area contributed by atoms with E-state index >= 15 is 0 Å². The number of hydrogen-bond acceptors (Lipinski definition) is 15. The summed E-state index contributed by atoms with van der Waals surface area (Å²) in [6.07, 6.45) is 2.72. The van der Waals surface area contributed by atoms with Crippen LogP contribution in [0.15, 0.2) is 162 Å². The van der Waals surface area contributed by atoms with Gasteiger partial charge in [-0.25, -0.2) is 32.8 Å². The van der Waals surface area contributed by atoms with E-state index in [2.05, 4.69) is 15.3 Å². The second-order valence-corrected chi connectivity index (χ2v) is 17.7. The van der Waals surface area contributed by atoms with E-state index in [4.69, 9.17) is 29.4 Å². The van der Waals surface area contributed by atoms with E-state index in [-0.39, 0.29) is 112 Å². The molecule has 0 bridgehead atoms. The summed E-state index contributed by atoms with van der Waals surface area (Å²) < 4.78 is 56.7. The van der Waals surface area contributed by atoms with Crippen LogP contribution in [0.4, 0.5) is 25.0 Å². The second-order valence-electron chi connectivity index (χ2n) is 17.7. The molecule has 0 spiro atoms. The first kappa shape index (κ1) is 64.1. The number of rotatable bonds is 15. The van der Waals surface area contributed by atoms with E-state index in [0.29, 0.717) is 34.2 Å². The Hall–Kier alpha value is -9.71. The molecule has 5 aromatic carbocycles. The molecule has 21 heteroatoms. The number of nitrogens with zero attached hydrogens (tertiary/aromatic N) is 4. The minimum atomic E-state index is -0.956. The summed E-state index contributed by atoms with van der Waals surface area (Å²) in [6.45, 7) is 3.24. The molecule has 3 N–H and O–H groups in total. The number of ether oxygens (including phenoxy) is 5. The third-order valence-corrected chi connectivity index (χ3v) is 12.3. The molecule has 4 aromatic heterocycles. The number of anilines is 2. The first-order chi connectivity index (χ1) is 38.5. The molecule has 9 aromatic rings. The zero-order chi connectivity index (χ0) is 57.0. The van der Waals surface area contributed by atoms with Gasteiger partial charge in [-0.3, -0.25) is 24.9 Å². The Morgan fingerprint density at radius 3 is 1.42 bits per heavy atom. The summed E-state index contributed by atoms with van der Waals surface area (Å²) >= 11 is 0. The van der Waals surface area contributed by atoms with Crippen LogP contribution in [-0.4, -0.2) is 62.3 Å². The van der Waals surface area contributed by atoms with Crippen molar-refractivity contribution >= 4 is 63.4 Å². The molecule has 1 amide bonds. The van der Waals surface area contributed by atoms with Gasteiger partial charge in [-0.1, -0.05) is 86.3 Å². The van der Waals surface area contributed by atoms with Crippen LogP contribution in [0.3, 0.4) is 0 Å². The van der Waals surface area contributed by atoms with Crippen molar-refractivity contribution in [2.45, 2.75) is 40.7 Å². The summed E-state index contributed by atoms with van der Waals surface area (Å²) in [5, 5.41) is 2.59. The predicted molar refractivity (Wildman–Crippen MR) is 305 cm³/mol. The zero-order valence-electron chi connectivity index (χ0n) is 44.8. The number of nitrogens with two attached hydrogens (primary N) is 1. The molecule has 0 aliphatic carbocycles. The third-order valence-electron chi connectivity index (χ3n) is 12.3.